The Morgan fingerprint density at radius 2 is 1.71 bits per heavy atom. The third-order valence-corrected chi connectivity index (χ3v) is 5.69. The van der Waals surface area contributed by atoms with Gasteiger partial charge in [0.05, 0.1) is 12.0 Å². The van der Waals surface area contributed by atoms with Crippen LogP contribution in [0, 0.1) is 18.8 Å². The Kier molecular flexibility index (Phi) is 4.93. The van der Waals surface area contributed by atoms with E-state index in [0.717, 1.165) is 31.5 Å². The Morgan fingerprint density at radius 1 is 1.08 bits per heavy atom. The van der Waals surface area contributed by atoms with Crippen molar-refractivity contribution >= 4 is 11.8 Å². The second kappa shape index (κ2) is 6.96. The molecule has 2 atom stereocenters. The molecule has 0 spiro atoms. The van der Waals surface area contributed by atoms with Crippen LogP contribution in [0.1, 0.15) is 49.8 Å². The van der Waals surface area contributed by atoms with Gasteiger partial charge in [-0.15, -0.1) is 0 Å². The Labute approximate surface area is 144 Å². The fourth-order valence-electron chi connectivity index (χ4n) is 3.98. The second-order valence-electron chi connectivity index (χ2n) is 7.51. The molecule has 0 N–H and O–H groups in total. The van der Waals surface area contributed by atoms with Crippen molar-refractivity contribution in [3.63, 3.8) is 0 Å². The molecule has 2 amide bonds. The highest BCUT2D eigenvalue weighted by Gasteiger charge is 2.40. The highest BCUT2D eigenvalue weighted by Crippen LogP contribution is 2.37. The minimum Gasteiger partial charge on any atom is -0.342 e. The fraction of sp³-hybridized carbons (Fsp3) is 0.600. The minimum atomic E-state index is -0.140. The van der Waals surface area contributed by atoms with E-state index >= 15 is 0 Å². The smallest absolute Gasteiger partial charge is 0.228 e. The number of likely N-dealkylation sites (tertiary alicyclic amines) is 2. The Balaban J connectivity index is 1.84. The number of benzene rings is 1. The molecule has 3 rings (SSSR count). The number of amides is 2. The van der Waals surface area contributed by atoms with Crippen LogP contribution in [-0.4, -0.2) is 41.8 Å². The van der Waals surface area contributed by atoms with Crippen molar-refractivity contribution in [3.05, 3.63) is 35.4 Å². The van der Waals surface area contributed by atoms with Crippen LogP contribution >= 0.6 is 0 Å². The number of carbonyl (C=O) groups is 2. The summed E-state index contributed by atoms with van der Waals surface area (Å²) in [6.07, 6.45) is 3.30. The molecule has 0 aliphatic carbocycles. The van der Waals surface area contributed by atoms with E-state index in [1.807, 2.05) is 11.9 Å². The predicted octanol–water partition coefficient (Wildman–Crippen LogP) is 3.16. The second-order valence-corrected chi connectivity index (χ2v) is 7.51. The summed E-state index contributed by atoms with van der Waals surface area (Å²) >= 11 is 0. The van der Waals surface area contributed by atoms with Gasteiger partial charge in [0.2, 0.25) is 11.8 Å². The lowest BCUT2D eigenvalue weighted by molar-refractivity contribution is -0.147. The first-order valence-electron chi connectivity index (χ1n) is 9.08. The van der Waals surface area contributed by atoms with Crippen molar-refractivity contribution in [2.45, 2.75) is 45.6 Å². The summed E-state index contributed by atoms with van der Waals surface area (Å²) in [6.45, 7) is 6.02. The molecule has 2 heterocycles. The number of hydrogen-bond donors (Lipinski definition) is 0. The molecule has 1 aromatic carbocycles. The summed E-state index contributed by atoms with van der Waals surface area (Å²) in [6, 6.07) is 8.11. The van der Waals surface area contributed by atoms with Crippen LogP contribution in [0.5, 0.6) is 0 Å². The van der Waals surface area contributed by atoms with Crippen molar-refractivity contribution in [2.75, 3.05) is 20.1 Å². The maximum atomic E-state index is 13.2. The van der Waals surface area contributed by atoms with E-state index in [9.17, 15) is 9.59 Å². The molecule has 4 nitrogen and oxygen atoms in total. The van der Waals surface area contributed by atoms with Gasteiger partial charge < -0.3 is 9.80 Å². The molecule has 2 saturated heterocycles. The van der Waals surface area contributed by atoms with Gasteiger partial charge in [-0.2, -0.15) is 0 Å². The van der Waals surface area contributed by atoms with E-state index in [0.29, 0.717) is 18.8 Å². The standard InChI is InChI=1S/C20H28N2O2/c1-14-4-6-16(7-5-14)19-17(8-9-18(23)21(19)3)20(24)22-12-10-15(2)11-13-22/h4-7,15,17,19H,8-13H2,1-3H3/t17-,19+/m0/s1. The minimum absolute atomic E-state index is 0.121. The molecule has 1 aromatic rings. The number of nitrogens with zero attached hydrogens (tertiary/aromatic N) is 2. The van der Waals surface area contributed by atoms with E-state index in [2.05, 4.69) is 38.1 Å². The van der Waals surface area contributed by atoms with Gasteiger partial charge in [-0.25, -0.2) is 0 Å². The van der Waals surface area contributed by atoms with Crippen molar-refractivity contribution in [1.82, 2.24) is 9.80 Å². The van der Waals surface area contributed by atoms with E-state index in [-0.39, 0.29) is 23.8 Å². The number of rotatable bonds is 2. The van der Waals surface area contributed by atoms with Gasteiger partial charge in [0, 0.05) is 26.6 Å². The number of carbonyl (C=O) groups excluding carboxylic acids is 2. The quantitative estimate of drug-likeness (QED) is 0.837. The highest BCUT2D eigenvalue weighted by molar-refractivity contribution is 5.85. The molecule has 2 aliphatic rings. The van der Waals surface area contributed by atoms with Crippen LogP contribution < -0.4 is 0 Å². The van der Waals surface area contributed by atoms with Gasteiger partial charge in [0.25, 0.3) is 0 Å². The highest BCUT2D eigenvalue weighted by atomic mass is 16.2. The summed E-state index contributed by atoms with van der Waals surface area (Å²) < 4.78 is 0. The van der Waals surface area contributed by atoms with Gasteiger partial charge >= 0.3 is 0 Å². The normalized spacial score (nSPS) is 25.9. The van der Waals surface area contributed by atoms with Gasteiger partial charge in [-0.1, -0.05) is 36.8 Å². The van der Waals surface area contributed by atoms with Crippen molar-refractivity contribution in [2.24, 2.45) is 11.8 Å². The summed E-state index contributed by atoms with van der Waals surface area (Å²) in [5.74, 6) is 0.949. The lowest BCUT2D eigenvalue weighted by Crippen LogP contribution is -2.49. The molecule has 4 heteroatoms. The summed E-state index contributed by atoms with van der Waals surface area (Å²) in [7, 11) is 1.84. The molecule has 130 valence electrons. The third-order valence-electron chi connectivity index (χ3n) is 5.69. The average Bonchev–Trinajstić information content (AvgIpc) is 2.58. The maximum Gasteiger partial charge on any atom is 0.228 e. The Bertz CT molecular complexity index is 603. The van der Waals surface area contributed by atoms with Crippen molar-refractivity contribution in [1.29, 1.82) is 0 Å². The molecule has 2 fully saturated rings. The molecule has 24 heavy (non-hydrogen) atoms. The molecule has 0 radical (unpaired) electrons. The van der Waals surface area contributed by atoms with Crippen molar-refractivity contribution in [3.8, 4) is 0 Å². The van der Waals surface area contributed by atoms with Gasteiger partial charge in [0.15, 0.2) is 0 Å². The Morgan fingerprint density at radius 3 is 2.33 bits per heavy atom. The maximum absolute atomic E-state index is 13.2. The molecule has 0 bridgehead atoms. The molecule has 0 aromatic heterocycles. The lowest BCUT2D eigenvalue weighted by atomic mass is 9.83. The topological polar surface area (TPSA) is 40.6 Å². The first-order valence-corrected chi connectivity index (χ1v) is 9.08. The van der Waals surface area contributed by atoms with E-state index < -0.39 is 0 Å². The van der Waals surface area contributed by atoms with Crippen LogP contribution in [0.25, 0.3) is 0 Å². The monoisotopic (exact) mass is 328 g/mol. The number of hydrogen-bond acceptors (Lipinski definition) is 2. The van der Waals surface area contributed by atoms with Crippen LogP contribution in [0.3, 0.4) is 0 Å². The van der Waals surface area contributed by atoms with Crippen molar-refractivity contribution < 1.29 is 9.59 Å². The van der Waals surface area contributed by atoms with E-state index in [1.165, 1.54) is 5.56 Å². The van der Waals surface area contributed by atoms with E-state index in [4.69, 9.17) is 0 Å². The van der Waals surface area contributed by atoms with E-state index in [1.54, 1.807) is 4.90 Å². The van der Waals surface area contributed by atoms with Crippen LogP contribution in [0.15, 0.2) is 24.3 Å². The van der Waals surface area contributed by atoms with Crippen LogP contribution in [0.4, 0.5) is 0 Å². The largest absolute Gasteiger partial charge is 0.342 e. The number of piperidine rings is 2. The first kappa shape index (κ1) is 17.0. The van der Waals surface area contributed by atoms with Gasteiger partial charge in [0.1, 0.15) is 0 Å². The fourth-order valence-corrected chi connectivity index (χ4v) is 3.98. The number of aryl methyl sites for hydroxylation is 1. The zero-order valence-electron chi connectivity index (χ0n) is 15.0. The Hall–Kier alpha value is -1.84. The lowest BCUT2D eigenvalue weighted by Gasteiger charge is -2.41. The first-order chi connectivity index (χ1) is 11.5. The summed E-state index contributed by atoms with van der Waals surface area (Å²) in [5.41, 5.74) is 2.26. The zero-order chi connectivity index (χ0) is 17.3. The van der Waals surface area contributed by atoms with Crippen LogP contribution in [0.2, 0.25) is 0 Å². The third kappa shape index (κ3) is 3.33. The molecule has 0 saturated carbocycles. The SMILES string of the molecule is Cc1ccc([C@@H]2[C@@H](C(=O)N3CCC(C)CC3)CCC(=O)N2C)cc1. The van der Waals surface area contributed by atoms with Gasteiger partial charge in [-0.05, 0) is 37.7 Å². The molecular formula is C20H28N2O2. The van der Waals surface area contributed by atoms with Crippen LogP contribution in [-0.2, 0) is 9.59 Å². The zero-order valence-corrected chi connectivity index (χ0v) is 15.0. The average molecular weight is 328 g/mol. The molecule has 2 aliphatic heterocycles. The molecule has 0 unspecified atom stereocenters. The van der Waals surface area contributed by atoms with Gasteiger partial charge in [-0.3, -0.25) is 9.59 Å². The predicted molar refractivity (Wildman–Crippen MR) is 94.4 cm³/mol. The molecular weight excluding hydrogens is 300 g/mol. The summed E-state index contributed by atoms with van der Waals surface area (Å²) in [5, 5.41) is 0. The summed E-state index contributed by atoms with van der Waals surface area (Å²) in [4.78, 5) is 29.2.